The van der Waals surface area contributed by atoms with Gasteiger partial charge in [-0.2, -0.15) is 0 Å². The maximum absolute atomic E-state index is 2.42. The molecule has 1 rings (SSSR count). The summed E-state index contributed by atoms with van der Waals surface area (Å²) >= 11 is 2.06. The molecule has 0 N–H and O–H groups in total. The summed E-state index contributed by atoms with van der Waals surface area (Å²) in [5, 5.41) is 0. The summed E-state index contributed by atoms with van der Waals surface area (Å²) in [7, 11) is 0. The van der Waals surface area contributed by atoms with E-state index in [1.54, 1.807) is 10.5 Å². The molecular weight excluding hydrogens is 272 g/mol. The summed E-state index contributed by atoms with van der Waals surface area (Å²) in [6.07, 6.45) is 16.0. The molecule has 0 aromatic rings. The van der Waals surface area contributed by atoms with E-state index >= 15 is 0 Å². The molecule has 0 heterocycles. The Morgan fingerprint density at radius 1 is 1.05 bits per heavy atom. The van der Waals surface area contributed by atoms with Crippen LogP contribution in [0.25, 0.3) is 0 Å². The number of hydrogen-bond acceptors (Lipinski definition) is 1. The van der Waals surface area contributed by atoms with Crippen molar-refractivity contribution in [2.24, 2.45) is 5.41 Å². The van der Waals surface area contributed by atoms with Crippen LogP contribution in [0.1, 0.15) is 98.8 Å². The van der Waals surface area contributed by atoms with Crippen LogP contribution >= 0.6 is 11.8 Å². The van der Waals surface area contributed by atoms with Crippen molar-refractivity contribution < 1.29 is 0 Å². The minimum atomic E-state index is 0.599. The van der Waals surface area contributed by atoms with Crippen LogP contribution in [0.15, 0.2) is 21.5 Å². The molecule has 0 bridgehead atoms. The summed E-state index contributed by atoms with van der Waals surface area (Å²) in [6.45, 7) is 11.6. The predicted octanol–water partition coefficient (Wildman–Crippen LogP) is 7.86. The minimum Gasteiger partial charge on any atom is -0.0997 e. The Hall–Kier alpha value is -0.170. The van der Waals surface area contributed by atoms with Gasteiger partial charge in [0.2, 0.25) is 0 Å². The molecule has 1 aliphatic carbocycles. The van der Waals surface area contributed by atoms with E-state index in [1.165, 1.54) is 69.1 Å². The highest BCUT2D eigenvalue weighted by Crippen LogP contribution is 2.52. The van der Waals surface area contributed by atoms with E-state index in [1.807, 2.05) is 0 Å². The third-order valence-corrected chi connectivity index (χ3v) is 5.98. The normalized spacial score (nSPS) is 23.2. The monoisotopic (exact) mass is 308 g/mol. The fourth-order valence-corrected chi connectivity index (χ4v) is 4.90. The highest BCUT2D eigenvalue weighted by molar-refractivity contribution is 8.06. The van der Waals surface area contributed by atoms with Gasteiger partial charge in [0.25, 0.3) is 0 Å². The number of thioether (sulfide) groups is 1. The second-order valence-corrected chi connectivity index (χ2v) is 8.31. The van der Waals surface area contributed by atoms with Crippen molar-refractivity contribution in [2.45, 2.75) is 98.8 Å². The summed E-state index contributed by atoms with van der Waals surface area (Å²) < 4.78 is 0. The standard InChI is InChI=1S/C20H36S/c1-6-9-11-14-20(13-8-3)15-17(4)19(16-20)21-18(5)12-10-7-2/h12H,6-11,13-16H2,1-5H3/b18-12+. The number of allylic oxidation sites excluding steroid dienone is 4. The quantitative estimate of drug-likeness (QED) is 0.370. The molecule has 1 atom stereocenters. The predicted molar refractivity (Wildman–Crippen MR) is 99.7 cm³/mol. The summed E-state index contributed by atoms with van der Waals surface area (Å²) in [4.78, 5) is 3.19. The third kappa shape index (κ3) is 6.22. The Morgan fingerprint density at radius 3 is 2.43 bits per heavy atom. The smallest absolute Gasteiger partial charge is 0.0111 e. The van der Waals surface area contributed by atoms with Crippen molar-refractivity contribution in [3.05, 3.63) is 21.5 Å². The van der Waals surface area contributed by atoms with Crippen LogP contribution in [0, 0.1) is 5.41 Å². The van der Waals surface area contributed by atoms with Gasteiger partial charge in [-0.25, -0.2) is 0 Å². The lowest BCUT2D eigenvalue weighted by molar-refractivity contribution is 0.243. The van der Waals surface area contributed by atoms with Gasteiger partial charge >= 0.3 is 0 Å². The van der Waals surface area contributed by atoms with Crippen LogP contribution in [0.5, 0.6) is 0 Å². The molecule has 122 valence electrons. The molecule has 1 aliphatic rings. The molecule has 0 saturated carbocycles. The second kappa shape index (κ2) is 9.77. The van der Waals surface area contributed by atoms with Gasteiger partial charge < -0.3 is 0 Å². The first-order valence-electron chi connectivity index (χ1n) is 9.10. The van der Waals surface area contributed by atoms with E-state index < -0.39 is 0 Å². The number of rotatable bonds is 10. The van der Waals surface area contributed by atoms with Crippen molar-refractivity contribution in [3.8, 4) is 0 Å². The topological polar surface area (TPSA) is 0 Å². The van der Waals surface area contributed by atoms with Gasteiger partial charge in [-0.3, -0.25) is 0 Å². The summed E-state index contributed by atoms with van der Waals surface area (Å²) in [5.74, 6) is 0. The zero-order valence-electron chi connectivity index (χ0n) is 15.1. The molecule has 0 amide bonds. The number of hydrogen-bond donors (Lipinski definition) is 0. The van der Waals surface area contributed by atoms with E-state index in [-0.39, 0.29) is 0 Å². The zero-order chi connectivity index (χ0) is 15.7. The first-order valence-corrected chi connectivity index (χ1v) is 9.91. The van der Waals surface area contributed by atoms with Crippen LogP contribution in [-0.4, -0.2) is 0 Å². The SMILES string of the molecule is CCC/C=C(\C)SC1=C(C)CC(CCC)(CCCCC)C1. The fraction of sp³-hybridized carbons (Fsp3) is 0.800. The highest BCUT2D eigenvalue weighted by Gasteiger charge is 2.36. The molecule has 0 radical (unpaired) electrons. The van der Waals surface area contributed by atoms with E-state index in [0.717, 1.165) is 0 Å². The van der Waals surface area contributed by atoms with Crippen LogP contribution in [-0.2, 0) is 0 Å². The number of unbranched alkanes of at least 4 members (excludes halogenated alkanes) is 3. The van der Waals surface area contributed by atoms with Gasteiger partial charge in [0.15, 0.2) is 0 Å². The van der Waals surface area contributed by atoms with Crippen LogP contribution in [0.4, 0.5) is 0 Å². The van der Waals surface area contributed by atoms with Gasteiger partial charge in [0, 0.05) is 0 Å². The average Bonchev–Trinajstić information content (AvgIpc) is 2.74. The zero-order valence-corrected chi connectivity index (χ0v) is 15.9. The van der Waals surface area contributed by atoms with Crippen LogP contribution < -0.4 is 0 Å². The Balaban J connectivity index is 2.65. The maximum Gasteiger partial charge on any atom is -0.0111 e. The second-order valence-electron chi connectivity index (χ2n) is 6.97. The first kappa shape index (κ1) is 18.9. The van der Waals surface area contributed by atoms with Crippen molar-refractivity contribution in [1.29, 1.82) is 0 Å². The van der Waals surface area contributed by atoms with Crippen LogP contribution in [0.3, 0.4) is 0 Å². The molecule has 21 heavy (non-hydrogen) atoms. The molecule has 0 spiro atoms. The minimum absolute atomic E-state index is 0.599. The molecule has 0 nitrogen and oxygen atoms in total. The van der Waals surface area contributed by atoms with Gasteiger partial charge in [-0.1, -0.05) is 76.3 Å². The van der Waals surface area contributed by atoms with Gasteiger partial charge in [-0.15, -0.1) is 0 Å². The fourth-order valence-electron chi connectivity index (χ4n) is 3.68. The van der Waals surface area contributed by atoms with E-state index in [4.69, 9.17) is 0 Å². The van der Waals surface area contributed by atoms with Gasteiger partial charge in [0.05, 0.1) is 0 Å². The Morgan fingerprint density at radius 2 is 1.81 bits per heavy atom. The summed E-state index contributed by atoms with van der Waals surface area (Å²) in [5.41, 5.74) is 2.27. The molecule has 0 fully saturated rings. The van der Waals surface area contributed by atoms with Crippen molar-refractivity contribution >= 4 is 11.8 Å². The Kier molecular flexibility index (Phi) is 8.78. The van der Waals surface area contributed by atoms with E-state index in [0.29, 0.717) is 5.41 Å². The lowest BCUT2D eigenvalue weighted by Gasteiger charge is -2.29. The van der Waals surface area contributed by atoms with Crippen molar-refractivity contribution in [3.63, 3.8) is 0 Å². The largest absolute Gasteiger partial charge is 0.0997 e. The molecule has 1 unspecified atom stereocenters. The Bertz CT molecular complexity index is 364. The van der Waals surface area contributed by atoms with E-state index in [9.17, 15) is 0 Å². The molecule has 0 aromatic carbocycles. The first-order chi connectivity index (χ1) is 10.1. The molecule has 1 heteroatoms. The maximum atomic E-state index is 2.42. The van der Waals surface area contributed by atoms with Crippen molar-refractivity contribution in [1.82, 2.24) is 0 Å². The highest BCUT2D eigenvalue weighted by atomic mass is 32.2. The van der Waals surface area contributed by atoms with Crippen molar-refractivity contribution in [2.75, 3.05) is 0 Å². The van der Waals surface area contributed by atoms with Gasteiger partial charge in [0.1, 0.15) is 0 Å². The lowest BCUT2D eigenvalue weighted by atomic mass is 9.76. The molecular formula is C20H36S. The molecule has 0 aromatic heterocycles. The van der Waals surface area contributed by atoms with Crippen LogP contribution in [0.2, 0.25) is 0 Å². The third-order valence-electron chi connectivity index (χ3n) is 4.75. The summed E-state index contributed by atoms with van der Waals surface area (Å²) in [6, 6.07) is 0. The molecule has 0 aliphatic heterocycles. The van der Waals surface area contributed by atoms with E-state index in [2.05, 4.69) is 52.5 Å². The Labute approximate surface area is 137 Å². The molecule has 0 saturated heterocycles. The lowest BCUT2D eigenvalue weighted by Crippen LogP contribution is -2.17. The average molecular weight is 309 g/mol. The van der Waals surface area contributed by atoms with Gasteiger partial charge in [-0.05, 0) is 61.2 Å².